The first-order chi connectivity index (χ1) is 5.25. The number of allylic oxidation sites excluding steroid dienone is 1. The quantitative estimate of drug-likeness (QED) is 0.498. The van der Waals surface area contributed by atoms with Crippen LogP contribution in [0.1, 0.15) is 17.3 Å². The minimum Gasteiger partial charge on any atom is -0.294 e. The van der Waals surface area contributed by atoms with E-state index in [1.807, 2.05) is 23.8 Å². The van der Waals surface area contributed by atoms with Gasteiger partial charge in [-0.3, -0.25) is 4.79 Å². The van der Waals surface area contributed by atoms with Gasteiger partial charge >= 0.3 is 0 Å². The standard InChI is InChI=1S/C9H10OS/c1-3-7(2)9(10)8-4-5-11-6-8/h3-7H,1H2,2H3. The average molecular weight is 166 g/mol. The van der Waals surface area contributed by atoms with E-state index in [2.05, 4.69) is 6.58 Å². The minimum atomic E-state index is -0.0652. The van der Waals surface area contributed by atoms with Crippen LogP contribution < -0.4 is 0 Å². The molecule has 0 aliphatic heterocycles. The summed E-state index contributed by atoms with van der Waals surface area (Å²) in [5.74, 6) is 0.0888. The Morgan fingerprint density at radius 3 is 3.00 bits per heavy atom. The highest BCUT2D eigenvalue weighted by Crippen LogP contribution is 2.12. The van der Waals surface area contributed by atoms with Gasteiger partial charge in [0, 0.05) is 16.9 Å². The van der Waals surface area contributed by atoms with Gasteiger partial charge in [0.25, 0.3) is 0 Å². The molecule has 0 fully saturated rings. The summed E-state index contributed by atoms with van der Waals surface area (Å²) in [5, 5.41) is 3.77. The van der Waals surface area contributed by atoms with Gasteiger partial charge in [-0.15, -0.1) is 6.58 Å². The first-order valence-corrected chi connectivity index (χ1v) is 4.39. The van der Waals surface area contributed by atoms with Gasteiger partial charge in [-0.1, -0.05) is 13.0 Å². The predicted molar refractivity (Wildman–Crippen MR) is 48.0 cm³/mol. The second-order valence-electron chi connectivity index (χ2n) is 2.40. The Morgan fingerprint density at radius 1 is 1.82 bits per heavy atom. The van der Waals surface area contributed by atoms with Crippen molar-refractivity contribution in [2.45, 2.75) is 6.92 Å². The maximum Gasteiger partial charge on any atom is 0.170 e. The van der Waals surface area contributed by atoms with E-state index in [0.717, 1.165) is 5.56 Å². The second kappa shape index (κ2) is 3.49. The third kappa shape index (κ3) is 1.77. The third-order valence-corrected chi connectivity index (χ3v) is 2.26. The highest BCUT2D eigenvalue weighted by Gasteiger charge is 2.10. The van der Waals surface area contributed by atoms with Crippen LogP contribution >= 0.6 is 11.3 Å². The molecule has 2 heteroatoms. The lowest BCUT2D eigenvalue weighted by Gasteiger charge is -2.00. The highest BCUT2D eigenvalue weighted by atomic mass is 32.1. The lowest BCUT2D eigenvalue weighted by molar-refractivity contribution is 0.0954. The van der Waals surface area contributed by atoms with E-state index in [-0.39, 0.29) is 11.7 Å². The number of Topliss-reactive ketones (excluding diaryl/α,β-unsaturated/α-hetero) is 1. The van der Waals surface area contributed by atoms with Crippen molar-refractivity contribution in [3.05, 3.63) is 35.0 Å². The number of carbonyl (C=O) groups excluding carboxylic acids is 1. The van der Waals surface area contributed by atoms with E-state index in [1.165, 1.54) is 0 Å². The molecule has 1 aromatic rings. The predicted octanol–water partition coefficient (Wildman–Crippen LogP) is 2.75. The van der Waals surface area contributed by atoms with Crippen LogP contribution in [0.2, 0.25) is 0 Å². The van der Waals surface area contributed by atoms with Crippen LogP contribution in [0.25, 0.3) is 0 Å². The summed E-state index contributed by atoms with van der Waals surface area (Å²) >= 11 is 1.54. The monoisotopic (exact) mass is 166 g/mol. The number of thiophene rings is 1. The molecule has 1 rings (SSSR count). The van der Waals surface area contributed by atoms with Gasteiger partial charge in [0.1, 0.15) is 0 Å². The molecule has 1 heterocycles. The van der Waals surface area contributed by atoms with Crippen LogP contribution in [0.3, 0.4) is 0 Å². The lowest BCUT2D eigenvalue weighted by atomic mass is 10.0. The fraction of sp³-hybridized carbons (Fsp3) is 0.222. The number of hydrogen-bond acceptors (Lipinski definition) is 2. The van der Waals surface area contributed by atoms with Gasteiger partial charge in [-0.2, -0.15) is 11.3 Å². The van der Waals surface area contributed by atoms with E-state index in [4.69, 9.17) is 0 Å². The van der Waals surface area contributed by atoms with Crippen LogP contribution in [0.4, 0.5) is 0 Å². The first-order valence-electron chi connectivity index (χ1n) is 3.44. The van der Waals surface area contributed by atoms with Crippen LogP contribution in [-0.2, 0) is 0 Å². The van der Waals surface area contributed by atoms with E-state index in [9.17, 15) is 4.79 Å². The molecule has 1 atom stereocenters. The Labute approximate surface area is 70.4 Å². The molecule has 0 saturated carbocycles. The number of hydrogen-bond donors (Lipinski definition) is 0. The lowest BCUT2D eigenvalue weighted by Crippen LogP contribution is -2.06. The fourth-order valence-corrected chi connectivity index (χ4v) is 1.42. The van der Waals surface area contributed by atoms with Crippen molar-refractivity contribution in [3.63, 3.8) is 0 Å². The summed E-state index contributed by atoms with van der Waals surface area (Å²) in [6.45, 7) is 5.43. The van der Waals surface area contributed by atoms with Crippen molar-refractivity contribution in [2.24, 2.45) is 5.92 Å². The zero-order valence-corrected chi connectivity index (χ0v) is 7.23. The summed E-state index contributed by atoms with van der Waals surface area (Å²) in [4.78, 5) is 11.4. The van der Waals surface area contributed by atoms with Gasteiger partial charge in [0.05, 0.1) is 0 Å². The molecule has 1 unspecified atom stereocenters. The molecule has 0 saturated heterocycles. The molecule has 0 aliphatic rings. The fourth-order valence-electron chi connectivity index (χ4n) is 0.775. The van der Waals surface area contributed by atoms with Crippen LogP contribution in [0, 0.1) is 5.92 Å². The average Bonchev–Trinajstić information content (AvgIpc) is 2.53. The zero-order chi connectivity index (χ0) is 8.27. The first kappa shape index (κ1) is 8.21. The maximum atomic E-state index is 11.4. The molecule has 58 valence electrons. The summed E-state index contributed by atoms with van der Waals surface area (Å²) in [7, 11) is 0. The van der Waals surface area contributed by atoms with E-state index in [0.29, 0.717) is 0 Å². The van der Waals surface area contributed by atoms with Gasteiger partial charge in [0.15, 0.2) is 5.78 Å². The largest absolute Gasteiger partial charge is 0.294 e. The van der Waals surface area contributed by atoms with Gasteiger partial charge in [-0.25, -0.2) is 0 Å². The smallest absolute Gasteiger partial charge is 0.170 e. The van der Waals surface area contributed by atoms with Crippen LogP contribution in [0.5, 0.6) is 0 Å². The van der Waals surface area contributed by atoms with Gasteiger partial charge in [0.2, 0.25) is 0 Å². The Balaban J connectivity index is 2.78. The summed E-state index contributed by atoms with van der Waals surface area (Å²) in [6.07, 6.45) is 1.67. The van der Waals surface area contributed by atoms with Crippen molar-refractivity contribution in [1.29, 1.82) is 0 Å². The molecule has 0 bridgehead atoms. The van der Waals surface area contributed by atoms with E-state index >= 15 is 0 Å². The molecule has 11 heavy (non-hydrogen) atoms. The van der Waals surface area contributed by atoms with Crippen LogP contribution in [-0.4, -0.2) is 5.78 Å². The molecule has 0 amide bonds. The van der Waals surface area contributed by atoms with Crippen molar-refractivity contribution in [3.8, 4) is 0 Å². The topological polar surface area (TPSA) is 17.1 Å². The van der Waals surface area contributed by atoms with Gasteiger partial charge in [-0.05, 0) is 11.4 Å². The highest BCUT2D eigenvalue weighted by molar-refractivity contribution is 7.08. The summed E-state index contributed by atoms with van der Waals surface area (Å²) < 4.78 is 0. The number of carbonyl (C=O) groups is 1. The van der Waals surface area contributed by atoms with Crippen molar-refractivity contribution < 1.29 is 4.79 Å². The Morgan fingerprint density at radius 2 is 2.55 bits per heavy atom. The van der Waals surface area contributed by atoms with E-state index < -0.39 is 0 Å². The molecule has 0 radical (unpaired) electrons. The Hall–Kier alpha value is -0.890. The summed E-state index contributed by atoms with van der Waals surface area (Å²) in [6, 6.07) is 1.84. The molecule has 0 aliphatic carbocycles. The SMILES string of the molecule is C=CC(C)C(=O)c1ccsc1. The second-order valence-corrected chi connectivity index (χ2v) is 3.18. The molecular formula is C9H10OS. The molecule has 0 N–H and O–H groups in total. The van der Waals surface area contributed by atoms with Crippen molar-refractivity contribution in [1.82, 2.24) is 0 Å². The molecule has 1 nitrogen and oxygen atoms in total. The Bertz CT molecular complexity index is 249. The molecular weight excluding hydrogens is 156 g/mol. The Kier molecular flexibility index (Phi) is 2.60. The normalized spacial score (nSPS) is 12.5. The zero-order valence-electron chi connectivity index (χ0n) is 6.41. The van der Waals surface area contributed by atoms with Crippen molar-refractivity contribution in [2.75, 3.05) is 0 Å². The molecule has 1 aromatic heterocycles. The van der Waals surface area contributed by atoms with Crippen LogP contribution in [0.15, 0.2) is 29.5 Å². The molecule has 0 aromatic carbocycles. The number of ketones is 1. The number of rotatable bonds is 3. The minimum absolute atomic E-state index is 0.0652. The third-order valence-electron chi connectivity index (χ3n) is 1.57. The van der Waals surface area contributed by atoms with Crippen molar-refractivity contribution >= 4 is 17.1 Å². The molecule has 0 spiro atoms. The van der Waals surface area contributed by atoms with Gasteiger partial charge < -0.3 is 0 Å². The maximum absolute atomic E-state index is 11.4. The van der Waals surface area contributed by atoms with E-state index in [1.54, 1.807) is 17.4 Å². The summed E-state index contributed by atoms with van der Waals surface area (Å²) in [5.41, 5.74) is 0.794.